The molecular weight excluding hydrogens is 358 g/mol. The highest BCUT2D eigenvalue weighted by Gasteiger charge is 2.36. The topological polar surface area (TPSA) is 93.7 Å². The van der Waals surface area contributed by atoms with Crippen LogP contribution < -0.4 is 0 Å². The molecule has 0 saturated carbocycles. The molecule has 1 aromatic heterocycles. The van der Waals surface area contributed by atoms with Gasteiger partial charge in [0.15, 0.2) is 0 Å². The van der Waals surface area contributed by atoms with E-state index in [4.69, 9.17) is 0 Å². The van der Waals surface area contributed by atoms with Gasteiger partial charge in [0, 0.05) is 48.9 Å². The Hall–Kier alpha value is -2.83. The number of H-pyrrole nitrogens is 1. The first-order valence-corrected chi connectivity index (χ1v) is 9.93. The van der Waals surface area contributed by atoms with Gasteiger partial charge >= 0.3 is 5.97 Å². The number of fused-ring (bicyclic) bond motifs is 3. The predicted octanol–water partition coefficient (Wildman–Crippen LogP) is 2.30. The van der Waals surface area contributed by atoms with Crippen molar-refractivity contribution in [2.75, 3.05) is 13.1 Å². The zero-order valence-corrected chi connectivity index (χ0v) is 15.8. The molecule has 0 unspecified atom stereocenters. The monoisotopic (exact) mass is 383 g/mol. The molecule has 0 bridgehead atoms. The van der Waals surface area contributed by atoms with Crippen molar-refractivity contribution in [1.82, 2.24) is 14.8 Å². The number of para-hydroxylation sites is 1. The number of hydrogen-bond donors (Lipinski definition) is 2. The molecule has 2 N–H and O–H groups in total. The zero-order valence-electron chi connectivity index (χ0n) is 15.8. The van der Waals surface area contributed by atoms with Gasteiger partial charge in [0.05, 0.1) is 6.54 Å². The number of carboxylic acid groups (broad SMARTS) is 1. The number of carboxylic acids is 1. The molecule has 2 aliphatic heterocycles. The van der Waals surface area contributed by atoms with E-state index < -0.39 is 12.0 Å². The third kappa shape index (κ3) is 3.48. The van der Waals surface area contributed by atoms with E-state index in [0.717, 1.165) is 41.5 Å². The lowest BCUT2D eigenvalue weighted by atomic mass is 9.96. The van der Waals surface area contributed by atoms with Crippen LogP contribution in [0.1, 0.15) is 43.4 Å². The number of likely N-dealkylation sites (tertiary alicyclic amines) is 1. The van der Waals surface area contributed by atoms with E-state index in [9.17, 15) is 19.5 Å². The predicted molar refractivity (Wildman–Crippen MR) is 104 cm³/mol. The van der Waals surface area contributed by atoms with Crippen molar-refractivity contribution in [2.24, 2.45) is 0 Å². The fourth-order valence-corrected chi connectivity index (χ4v) is 4.35. The number of aromatic nitrogens is 1. The van der Waals surface area contributed by atoms with Crippen LogP contribution in [0, 0.1) is 0 Å². The van der Waals surface area contributed by atoms with Crippen molar-refractivity contribution in [3.05, 3.63) is 35.5 Å². The molecule has 2 aliphatic rings. The van der Waals surface area contributed by atoms with E-state index in [1.165, 1.54) is 4.90 Å². The SMILES string of the molecule is O=C(O)[C@@H]1Cc2c([nH]c3ccccc23)CN1C(=O)CCCN1CCCCC1=O. The number of carbonyl (C=O) groups is 3. The van der Waals surface area contributed by atoms with Gasteiger partial charge in [0.2, 0.25) is 11.8 Å². The number of aliphatic carboxylic acids is 1. The van der Waals surface area contributed by atoms with Gasteiger partial charge in [-0.05, 0) is 30.9 Å². The number of rotatable bonds is 5. The molecule has 0 spiro atoms. The molecular formula is C21H25N3O4. The lowest BCUT2D eigenvalue weighted by Crippen LogP contribution is -2.48. The fraction of sp³-hybridized carbons (Fsp3) is 0.476. The van der Waals surface area contributed by atoms with E-state index in [2.05, 4.69) is 4.98 Å². The van der Waals surface area contributed by atoms with Crippen LogP contribution in [0.2, 0.25) is 0 Å². The molecule has 4 rings (SSSR count). The Kier molecular flexibility index (Phi) is 5.07. The van der Waals surface area contributed by atoms with Crippen LogP contribution in [0.3, 0.4) is 0 Å². The average Bonchev–Trinajstić information content (AvgIpc) is 3.06. The molecule has 2 amide bonds. The summed E-state index contributed by atoms with van der Waals surface area (Å²) in [6, 6.07) is 6.97. The lowest BCUT2D eigenvalue weighted by Gasteiger charge is -2.33. The first-order chi connectivity index (χ1) is 13.5. The second-order valence-electron chi connectivity index (χ2n) is 7.65. The van der Waals surface area contributed by atoms with Crippen molar-refractivity contribution in [3.63, 3.8) is 0 Å². The van der Waals surface area contributed by atoms with E-state index in [1.807, 2.05) is 29.2 Å². The molecule has 28 heavy (non-hydrogen) atoms. The highest BCUT2D eigenvalue weighted by atomic mass is 16.4. The normalized spacial score (nSPS) is 19.7. The number of piperidine rings is 1. The van der Waals surface area contributed by atoms with Crippen LogP contribution in [-0.2, 0) is 27.3 Å². The fourth-order valence-electron chi connectivity index (χ4n) is 4.35. The Morgan fingerprint density at radius 1 is 1.21 bits per heavy atom. The van der Waals surface area contributed by atoms with Crippen LogP contribution in [0.4, 0.5) is 0 Å². The molecule has 0 radical (unpaired) electrons. The lowest BCUT2D eigenvalue weighted by molar-refractivity contribution is -0.151. The summed E-state index contributed by atoms with van der Waals surface area (Å²) in [4.78, 5) is 43.2. The Labute approximate surface area is 163 Å². The maximum Gasteiger partial charge on any atom is 0.326 e. The van der Waals surface area contributed by atoms with Crippen LogP contribution in [0.25, 0.3) is 10.9 Å². The summed E-state index contributed by atoms with van der Waals surface area (Å²) in [6.45, 7) is 1.60. The smallest absolute Gasteiger partial charge is 0.326 e. The van der Waals surface area contributed by atoms with Gasteiger partial charge in [0.25, 0.3) is 0 Å². The van der Waals surface area contributed by atoms with Gasteiger partial charge in [-0.15, -0.1) is 0 Å². The van der Waals surface area contributed by atoms with Gasteiger partial charge in [-0.25, -0.2) is 4.79 Å². The van der Waals surface area contributed by atoms with Crippen LogP contribution in [0.15, 0.2) is 24.3 Å². The molecule has 1 atom stereocenters. The van der Waals surface area contributed by atoms with Crippen molar-refractivity contribution in [2.45, 2.75) is 51.1 Å². The first-order valence-electron chi connectivity index (χ1n) is 9.93. The van der Waals surface area contributed by atoms with Crippen molar-refractivity contribution >= 4 is 28.7 Å². The Balaban J connectivity index is 1.45. The summed E-state index contributed by atoms with van der Waals surface area (Å²) in [6.07, 6.45) is 3.66. The van der Waals surface area contributed by atoms with Gasteiger partial charge in [-0.1, -0.05) is 18.2 Å². The molecule has 1 aromatic carbocycles. The third-order valence-electron chi connectivity index (χ3n) is 5.85. The van der Waals surface area contributed by atoms with E-state index in [-0.39, 0.29) is 24.8 Å². The van der Waals surface area contributed by atoms with Crippen molar-refractivity contribution in [1.29, 1.82) is 0 Å². The van der Waals surface area contributed by atoms with E-state index in [0.29, 0.717) is 25.8 Å². The number of nitrogens with one attached hydrogen (secondary N) is 1. The second kappa shape index (κ2) is 7.66. The van der Waals surface area contributed by atoms with Crippen molar-refractivity contribution in [3.8, 4) is 0 Å². The largest absolute Gasteiger partial charge is 0.480 e. The number of aromatic amines is 1. The summed E-state index contributed by atoms with van der Waals surface area (Å²) in [5, 5.41) is 10.7. The number of benzene rings is 1. The van der Waals surface area contributed by atoms with E-state index >= 15 is 0 Å². The summed E-state index contributed by atoms with van der Waals surface area (Å²) in [5.41, 5.74) is 2.87. The maximum absolute atomic E-state index is 12.8. The van der Waals surface area contributed by atoms with Gasteiger partial charge in [-0.3, -0.25) is 9.59 Å². The summed E-state index contributed by atoms with van der Waals surface area (Å²) < 4.78 is 0. The molecule has 7 heteroatoms. The Bertz CT molecular complexity index is 920. The molecule has 1 saturated heterocycles. The summed E-state index contributed by atoms with van der Waals surface area (Å²) in [5.74, 6) is -0.987. The number of carbonyl (C=O) groups excluding carboxylic acids is 2. The van der Waals surface area contributed by atoms with Gasteiger partial charge in [0.1, 0.15) is 6.04 Å². The number of nitrogens with zero attached hydrogens (tertiary/aromatic N) is 2. The molecule has 7 nitrogen and oxygen atoms in total. The molecule has 1 fully saturated rings. The minimum atomic E-state index is -0.976. The quantitative estimate of drug-likeness (QED) is 0.828. The summed E-state index contributed by atoms with van der Waals surface area (Å²) in [7, 11) is 0. The second-order valence-corrected chi connectivity index (χ2v) is 7.65. The molecule has 148 valence electrons. The Morgan fingerprint density at radius 2 is 2.04 bits per heavy atom. The maximum atomic E-state index is 12.8. The van der Waals surface area contributed by atoms with Gasteiger partial charge < -0.3 is 19.9 Å². The average molecular weight is 383 g/mol. The minimum Gasteiger partial charge on any atom is -0.480 e. The highest BCUT2D eigenvalue weighted by Crippen LogP contribution is 2.30. The first kappa shape index (κ1) is 18.5. The number of amides is 2. The van der Waals surface area contributed by atoms with E-state index in [1.54, 1.807) is 0 Å². The third-order valence-corrected chi connectivity index (χ3v) is 5.85. The molecule has 3 heterocycles. The standard InChI is InChI=1S/C21H25N3O4/c25-19-8-3-4-10-23(19)11-5-9-20(26)24-13-17-15(12-18(24)21(27)28)14-6-1-2-7-16(14)22-17/h1-2,6-7,18,22H,3-5,8-13H2,(H,27,28)/t18-/m0/s1. The van der Waals surface area contributed by atoms with Gasteiger partial charge in [-0.2, -0.15) is 0 Å². The molecule has 2 aromatic rings. The zero-order chi connectivity index (χ0) is 19.7. The number of hydrogen-bond acceptors (Lipinski definition) is 3. The minimum absolute atomic E-state index is 0.155. The highest BCUT2D eigenvalue weighted by molar-refractivity contribution is 5.89. The van der Waals surface area contributed by atoms with Crippen LogP contribution >= 0.6 is 0 Å². The summed E-state index contributed by atoms with van der Waals surface area (Å²) >= 11 is 0. The molecule has 0 aliphatic carbocycles. The van der Waals surface area contributed by atoms with Crippen LogP contribution in [-0.4, -0.2) is 56.8 Å². The van der Waals surface area contributed by atoms with Crippen molar-refractivity contribution < 1.29 is 19.5 Å². The van der Waals surface area contributed by atoms with Crippen LogP contribution in [0.5, 0.6) is 0 Å². The Morgan fingerprint density at radius 3 is 2.82 bits per heavy atom.